The molecule has 1 atom stereocenters. The molecule has 4 rings (SSSR count). The lowest BCUT2D eigenvalue weighted by molar-refractivity contribution is -0.132. The molecule has 0 spiro atoms. The molecule has 3 aliphatic heterocycles. The summed E-state index contributed by atoms with van der Waals surface area (Å²) in [6, 6.07) is 0. The Balaban J connectivity index is 1.19. The number of carbonyl (C=O) groups is 1. The topological polar surface area (TPSA) is 80.9 Å². The number of hydrogen-bond acceptors (Lipinski definition) is 7. The predicted molar refractivity (Wildman–Crippen MR) is 97.4 cm³/mol. The van der Waals surface area contributed by atoms with Gasteiger partial charge in [0.2, 0.25) is 11.8 Å². The van der Waals surface area contributed by atoms with Crippen molar-refractivity contribution in [3.63, 3.8) is 0 Å². The maximum absolute atomic E-state index is 12.5. The van der Waals surface area contributed by atoms with Gasteiger partial charge in [-0.2, -0.15) is 4.98 Å². The Labute approximate surface area is 160 Å². The minimum atomic E-state index is 0.251. The average Bonchev–Trinajstić information content (AvgIpc) is 3.38. The third-order valence-electron chi connectivity index (χ3n) is 5.93. The summed E-state index contributed by atoms with van der Waals surface area (Å²) in [4.78, 5) is 21.3. The molecule has 150 valence electrons. The molecule has 1 aromatic heterocycles. The van der Waals surface area contributed by atoms with Gasteiger partial charge in [-0.05, 0) is 31.6 Å². The minimum absolute atomic E-state index is 0.251. The van der Waals surface area contributed by atoms with E-state index in [9.17, 15) is 4.79 Å². The maximum Gasteiger partial charge on any atom is 0.236 e. The van der Waals surface area contributed by atoms with Crippen LogP contribution in [-0.2, 0) is 20.7 Å². The number of carbonyl (C=O) groups excluding carboxylic acids is 1. The molecular weight excluding hydrogens is 348 g/mol. The molecule has 4 heterocycles. The quantitative estimate of drug-likeness (QED) is 0.733. The lowest BCUT2D eigenvalue weighted by atomic mass is 10.0. The zero-order valence-electron chi connectivity index (χ0n) is 16.0. The molecule has 3 saturated heterocycles. The molecule has 8 nitrogen and oxygen atoms in total. The number of nitrogens with zero attached hydrogens (tertiary/aromatic N) is 4. The van der Waals surface area contributed by atoms with E-state index in [4.69, 9.17) is 14.0 Å². The highest BCUT2D eigenvalue weighted by molar-refractivity contribution is 5.78. The van der Waals surface area contributed by atoms with E-state index in [1.54, 1.807) is 0 Å². The highest BCUT2D eigenvalue weighted by atomic mass is 16.5. The van der Waals surface area contributed by atoms with Crippen molar-refractivity contribution in [1.82, 2.24) is 19.9 Å². The minimum Gasteiger partial charge on any atom is -0.381 e. The van der Waals surface area contributed by atoms with Crippen LogP contribution in [0.3, 0.4) is 0 Å². The number of likely N-dealkylation sites (tertiary alicyclic amines) is 1. The molecule has 0 aromatic carbocycles. The number of morpholine rings is 1. The number of amides is 1. The van der Waals surface area contributed by atoms with Gasteiger partial charge < -0.3 is 18.9 Å². The molecular formula is C19H30N4O4. The van der Waals surface area contributed by atoms with E-state index in [1.165, 1.54) is 0 Å². The summed E-state index contributed by atoms with van der Waals surface area (Å²) >= 11 is 0. The van der Waals surface area contributed by atoms with Crippen molar-refractivity contribution in [3.8, 4) is 0 Å². The van der Waals surface area contributed by atoms with Crippen molar-refractivity contribution in [2.24, 2.45) is 5.92 Å². The van der Waals surface area contributed by atoms with Crippen LogP contribution in [0.25, 0.3) is 0 Å². The van der Waals surface area contributed by atoms with Crippen LogP contribution in [0.5, 0.6) is 0 Å². The van der Waals surface area contributed by atoms with E-state index >= 15 is 0 Å². The van der Waals surface area contributed by atoms with Gasteiger partial charge in [0.25, 0.3) is 0 Å². The van der Waals surface area contributed by atoms with Crippen molar-refractivity contribution in [2.45, 2.75) is 38.0 Å². The molecule has 0 saturated carbocycles. The molecule has 0 aliphatic carbocycles. The van der Waals surface area contributed by atoms with Crippen molar-refractivity contribution in [3.05, 3.63) is 11.7 Å². The summed E-state index contributed by atoms with van der Waals surface area (Å²) in [7, 11) is 0. The zero-order valence-corrected chi connectivity index (χ0v) is 16.0. The molecule has 1 unspecified atom stereocenters. The van der Waals surface area contributed by atoms with E-state index in [1.807, 2.05) is 4.90 Å². The fourth-order valence-corrected chi connectivity index (χ4v) is 4.16. The second-order valence-electron chi connectivity index (χ2n) is 7.86. The maximum atomic E-state index is 12.5. The molecule has 1 amide bonds. The SMILES string of the molecule is O=C(CN1CCOCC1)N1CCC(CCc2noc(C3CCOCC3)n2)C1. The van der Waals surface area contributed by atoms with Gasteiger partial charge in [-0.25, -0.2) is 0 Å². The van der Waals surface area contributed by atoms with Gasteiger partial charge in [0.05, 0.1) is 19.8 Å². The van der Waals surface area contributed by atoms with Crippen LogP contribution in [0.1, 0.15) is 43.3 Å². The summed E-state index contributed by atoms with van der Waals surface area (Å²) < 4.78 is 16.2. The predicted octanol–water partition coefficient (Wildman–Crippen LogP) is 1.08. The van der Waals surface area contributed by atoms with Crippen LogP contribution in [0.4, 0.5) is 0 Å². The van der Waals surface area contributed by atoms with Crippen LogP contribution in [-0.4, -0.2) is 85.0 Å². The molecule has 3 aliphatic rings. The first-order valence-corrected chi connectivity index (χ1v) is 10.3. The number of aromatic nitrogens is 2. The molecule has 0 N–H and O–H groups in total. The average molecular weight is 378 g/mol. The molecule has 0 radical (unpaired) electrons. The highest BCUT2D eigenvalue weighted by Crippen LogP contribution is 2.26. The largest absolute Gasteiger partial charge is 0.381 e. The van der Waals surface area contributed by atoms with Crippen molar-refractivity contribution in [1.29, 1.82) is 0 Å². The van der Waals surface area contributed by atoms with Crippen LogP contribution < -0.4 is 0 Å². The van der Waals surface area contributed by atoms with E-state index < -0.39 is 0 Å². The van der Waals surface area contributed by atoms with Crippen molar-refractivity contribution >= 4 is 5.91 Å². The van der Waals surface area contributed by atoms with E-state index in [-0.39, 0.29) is 5.91 Å². The summed E-state index contributed by atoms with van der Waals surface area (Å²) in [6.07, 6.45) is 4.82. The van der Waals surface area contributed by atoms with Crippen molar-refractivity contribution < 1.29 is 18.8 Å². The van der Waals surface area contributed by atoms with E-state index in [0.717, 1.165) is 96.4 Å². The van der Waals surface area contributed by atoms with Gasteiger partial charge in [-0.1, -0.05) is 5.16 Å². The van der Waals surface area contributed by atoms with Gasteiger partial charge >= 0.3 is 0 Å². The molecule has 8 heteroatoms. The molecule has 0 bridgehead atoms. The molecule has 3 fully saturated rings. The zero-order chi connectivity index (χ0) is 18.5. The molecule has 1 aromatic rings. The fraction of sp³-hybridized carbons (Fsp3) is 0.842. The molecule has 27 heavy (non-hydrogen) atoms. The number of aryl methyl sites for hydroxylation is 1. The highest BCUT2D eigenvalue weighted by Gasteiger charge is 2.28. The third-order valence-corrected chi connectivity index (χ3v) is 5.93. The lowest BCUT2D eigenvalue weighted by Crippen LogP contribution is -2.44. The number of rotatable bonds is 6. The van der Waals surface area contributed by atoms with Gasteiger partial charge in [0.1, 0.15) is 0 Å². The van der Waals surface area contributed by atoms with Gasteiger partial charge in [-0.3, -0.25) is 9.69 Å². The van der Waals surface area contributed by atoms with Crippen LogP contribution in [0.15, 0.2) is 4.52 Å². The van der Waals surface area contributed by atoms with Crippen LogP contribution in [0.2, 0.25) is 0 Å². The summed E-state index contributed by atoms with van der Waals surface area (Å²) in [5, 5.41) is 4.16. The van der Waals surface area contributed by atoms with Crippen LogP contribution >= 0.6 is 0 Å². The van der Waals surface area contributed by atoms with E-state index in [2.05, 4.69) is 15.0 Å². The Morgan fingerprint density at radius 1 is 1.04 bits per heavy atom. The Kier molecular flexibility index (Phi) is 6.36. The van der Waals surface area contributed by atoms with Gasteiger partial charge in [0.15, 0.2) is 5.82 Å². The normalized spacial score (nSPS) is 25.2. The summed E-state index contributed by atoms with van der Waals surface area (Å²) in [5.41, 5.74) is 0. The number of ether oxygens (including phenoxy) is 2. The summed E-state index contributed by atoms with van der Waals surface area (Å²) in [5.74, 6) is 2.70. The standard InChI is InChI=1S/C19H30N4O4/c24-18(14-22-7-11-26-12-8-22)23-6-3-15(13-23)1-2-17-20-19(27-21-17)16-4-9-25-10-5-16/h15-16H,1-14H2. The first-order valence-electron chi connectivity index (χ1n) is 10.3. The number of hydrogen-bond donors (Lipinski definition) is 0. The smallest absolute Gasteiger partial charge is 0.236 e. The Bertz CT molecular complexity index is 611. The van der Waals surface area contributed by atoms with Crippen molar-refractivity contribution in [2.75, 3.05) is 59.2 Å². The fourth-order valence-electron chi connectivity index (χ4n) is 4.16. The van der Waals surface area contributed by atoms with Gasteiger partial charge in [0, 0.05) is 51.7 Å². The Morgan fingerprint density at radius 2 is 1.81 bits per heavy atom. The Morgan fingerprint density at radius 3 is 2.63 bits per heavy atom. The monoisotopic (exact) mass is 378 g/mol. The lowest BCUT2D eigenvalue weighted by Gasteiger charge is -2.28. The van der Waals surface area contributed by atoms with Crippen LogP contribution in [0, 0.1) is 5.92 Å². The van der Waals surface area contributed by atoms with Gasteiger partial charge in [-0.15, -0.1) is 0 Å². The third kappa shape index (κ3) is 5.06. The second kappa shape index (κ2) is 9.12. The Hall–Kier alpha value is -1.51. The summed E-state index contributed by atoms with van der Waals surface area (Å²) in [6.45, 7) is 6.98. The first kappa shape index (κ1) is 18.8. The second-order valence-corrected chi connectivity index (χ2v) is 7.86. The van der Waals surface area contributed by atoms with E-state index in [0.29, 0.717) is 18.4 Å². The first-order chi connectivity index (χ1) is 13.3.